The molecule has 0 aromatic carbocycles. The Hall–Kier alpha value is -0.0800. The third-order valence-electron chi connectivity index (χ3n) is 2.98. The van der Waals surface area contributed by atoms with Crippen LogP contribution in [-0.4, -0.2) is 25.8 Å². The van der Waals surface area contributed by atoms with Crippen LogP contribution in [0.15, 0.2) is 0 Å². The van der Waals surface area contributed by atoms with Crippen molar-refractivity contribution >= 4 is 0 Å². The van der Waals surface area contributed by atoms with Crippen LogP contribution >= 0.6 is 0 Å². The zero-order valence-electron chi connectivity index (χ0n) is 9.88. The first-order valence-electron chi connectivity index (χ1n) is 6.08. The zero-order valence-corrected chi connectivity index (χ0v) is 9.88. The van der Waals surface area contributed by atoms with Gasteiger partial charge in [0.2, 0.25) is 0 Å². The van der Waals surface area contributed by atoms with Crippen LogP contribution in [0.3, 0.4) is 0 Å². The Morgan fingerprint density at radius 2 is 2.21 bits per heavy atom. The lowest BCUT2D eigenvalue weighted by Crippen LogP contribution is -2.39. The number of ether oxygens (including phenoxy) is 1. The van der Waals surface area contributed by atoms with E-state index < -0.39 is 0 Å². The molecule has 1 fully saturated rings. The second-order valence-corrected chi connectivity index (χ2v) is 4.69. The molecule has 1 N–H and O–H groups in total. The molecule has 0 aromatic heterocycles. The molecule has 0 amide bonds. The van der Waals surface area contributed by atoms with Gasteiger partial charge in [-0.3, -0.25) is 0 Å². The van der Waals surface area contributed by atoms with Gasteiger partial charge in [-0.15, -0.1) is 0 Å². The molecule has 2 unspecified atom stereocenters. The first-order valence-corrected chi connectivity index (χ1v) is 6.08. The maximum absolute atomic E-state index is 5.84. The monoisotopic (exact) mass is 199 g/mol. The predicted molar refractivity (Wildman–Crippen MR) is 60.5 cm³/mol. The smallest absolute Gasteiger partial charge is 0.0638 e. The van der Waals surface area contributed by atoms with Crippen molar-refractivity contribution in [3.63, 3.8) is 0 Å². The van der Waals surface area contributed by atoms with Crippen molar-refractivity contribution in [2.75, 3.05) is 19.7 Å². The van der Waals surface area contributed by atoms with Gasteiger partial charge in [-0.1, -0.05) is 20.8 Å². The highest BCUT2D eigenvalue weighted by molar-refractivity contribution is 4.78. The van der Waals surface area contributed by atoms with Crippen LogP contribution < -0.4 is 5.32 Å². The van der Waals surface area contributed by atoms with Crippen molar-refractivity contribution in [3.05, 3.63) is 0 Å². The second-order valence-electron chi connectivity index (χ2n) is 4.69. The lowest BCUT2D eigenvalue weighted by Gasteiger charge is -2.34. The minimum atomic E-state index is 0.480. The summed E-state index contributed by atoms with van der Waals surface area (Å²) in [5.74, 6) is 1.39. The summed E-state index contributed by atoms with van der Waals surface area (Å²) in [5, 5.41) is 3.51. The summed E-state index contributed by atoms with van der Waals surface area (Å²) in [6.45, 7) is 9.99. The third-order valence-corrected chi connectivity index (χ3v) is 2.98. The van der Waals surface area contributed by atoms with Gasteiger partial charge in [0.05, 0.1) is 6.10 Å². The SMILES string of the molecule is CCCNCC1CCCOC1C(C)C. The Morgan fingerprint density at radius 1 is 1.43 bits per heavy atom. The third kappa shape index (κ3) is 3.58. The van der Waals surface area contributed by atoms with Crippen LogP contribution in [0, 0.1) is 11.8 Å². The molecule has 0 spiro atoms. The highest BCUT2D eigenvalue weighted by atomic mass is 16.5. The van der Waals surface area contributed by atoms with Crippen LogP contribution in [0.25, 0.3) is 0 Å². The summed E-state index contributed by atoms with van der Waals surface area (Å²) >= 11 is 0. The fraction of sp³-hybridized carbons (Fsp3) is 1.00. The van der Waals surface area contributed by atoms with Crippen LogP contribution in [-0.2, 0) is 4.74 Å². The van der Waals surface area contributed by atoms with Crippen molar-refractivity contribution in [3.8, 4) is 0 Å². The van der Waals surface area contributed by atoms with E-state index in [-0.39, 0.29) is 0 Å². The topological polar surface area (TPSA) is 21.3 Å². The average Bonchev–Trinajstić information content (AvgIpc) is 2.19. The first-order chi connectivity index (χ1) is 6.75. The number of nitrogens with one attached hydrogen (secondary N) is 1. The van der Waals surface area contributed by atoms with Crippen LogP contribution in [0.4, 0.5) is 0 Å². The molecular weight excluding hydrogens is 174 g/mol. The lowest BCUT2D eigenvalue weighted by molar-refractivity contribution is -0.0515. The summed E-state index contributed by atoms with van der Waals surface area (Å²) in [5.41, 5.74) is 0. The standard InChI is InChI=1S/C12H25NO/c1-4-7-13-9-11-6-5-8-14-12(11)10(2)3/h10-13H,4-9H2,1-3H3. The minimum Gasteiger partial charge on any atom is -0.378 e. The molecule has 0 saturated carbocycles. The Morgan fingerprint density at radius 3 is 2.86 bits per heavy atom. The molecule has 2 heteroatoms. The average molecular weight is 199 g/mol. The molecule has 0 bridgehead atoms. The Kier molecular flexibility index (Phi) is 5.49. The Labute approximate surface area is 88.4 Å². The van der Waals surface area contributed by atoms with Crippen LogP contribution in [0.5, 0.6) is 0 Å². The van der Waals surface area contributed by atoms with Crippen molar-refractivity contribution < 1.29 is 4.74 Å². The minimum absolute atomic E-state index is 0.480. The van der Waals surface area contributed by atoms with E-state index in [0.29, 0.717) is 12.0 Å². The molecule has 1 heterocycles. The van der Waals surface area contributed by atoms with Crippen LogP contribution in [0.1, 0.15) is 40.0 Å². The van der Waals surface area contributed by atoms with Crippen molar-refractivity contribution in [1.82, 2.24) is 5.32 Å². The van der Waals surface area contributed by atoms with Crippen LogP contribution in [0.2, 0.25) is 0 Å². The van der Waals surface area contributed by atoms with E-state index in [1.807, 2.05) is 0 Å². The molecule has 0 radical (unpaired) electrons. The van der Waals surface area contributed by atoms with Gasteiger partial charge in [0, 0.05) is 13.2 Å². The van der Waals surface area contributed by atoms with Crippen molar-refractivity contribution in [1.29, 1.82) is 0 Å². The lowest BCUT2D eigenvalue weighted by atomic mass is 9.87. The van der Waals surface area contributed by atoms with Gasteiger partial charge >= 0.3 is 0 Å². The van der Waals surface area contributed by atoms with Gasteiger partial charge < -0.3 is 10.1 Å². The molecule has 1 aliphatic rings. The molecule has 1 saturated heterocycles. The van der Waals surface area contributed by atoms with Gasteiger partial charge in [0.25, 0.3) is 0 Å². The summed E-state index contributed by atoms with van der Waals surface area (Å²) in [6.07, 6.45) is 4.27. The van der Waals surface area contributed by atoms with Gasteiger partial charge in [-0.2, -0.15) is 0 Å². The normalized spacial score (nSPS) is 28.3. The quantitative estimate of drug-likeness (QED) is 0.687. The number of hydrogen-bond donors (Lipinski definition) is 1. The molecule has 0 aliphatic carbocycles. The molecule has 1 aliphatic heterocycles. The Balaban J connectivity index is 2.30. The number of hydrogen-bond acceptors (Lipinski definition) is 2. The predicted octanol–water partition coefficient (Wildman–Crippen LogP) is 2.44. The van der Waals surface area contributed by atoms with E-state index in [1.54, 1.807) is 0 Å². The van der Waals surface area contributed by atoms with E-state index in [1.165, 1.54) is 19.3 Å². The summed E-state index contributed by atoms with van der Waals surface area (Å²) < 4.78 is 5.84. The summed E-state index contributed by atoms with van der Waals surface area (Å²) in [4.78, 5) is 0. The fourth-order valence-electron chi connectivity index (χ4n) is 2.28. The molecule has 14 heavy (non-hydrogen) atoms. The maximum Gasteiger partial charge on any atom is 0.0638 e. The zero-order chi connectivity index (χ0) is 10.4. The molecule has 1 rings (SSSR count). The van der Waals surface area contributed by atoms with E-state index in [4.69, 9.17) is 4.74 Å². The molecule has 2 nitrogen and oxygen atoms in total. The molecule has 0 aromatic rings. The van der Waals surface area contributed by atoms with E-state index in [0.717, 1.165) is 25.6 Å². The van der Waals surface area contributed by atoms with E-state index in [2.05, 4.69) is 26.1 Å². The van der Waals surface area contributed by atoms with Crippen molar-refractivity contribution in [2.45, 2.75) is 46.1 Å². The van der Waals surface area contributed by atoms with Crippen molar-refractivity contribution in [2.24, 2.45) is 11.8 Å². The fourth-order valence-corrected chi connectivity index (χ4v) is 2.28. The highest BCUT2D eigenvalue weighted by Gasteiger charge is 2.27. The highest BCUT2D eigenvalue weighted by Crippen LogP contribution is 2.25. The molecule has 2 atom stereocenters. The number of rotatable bonds is 5. The molecule has 84 valence electrons. The maximum atomic E-state index is 5.84. The van der Waals surface area contributed by atoms with Gasteiger partial charge in [0.1, 0.15) is 0 Å². The summed E-state index contributed by atoms with van der Waals surface area (Å²) in [6, 6.07) is 0. The van der Waals surface area contributed by atoms with E-state index >= 15 is 0 Å². The Bertz CT molecular complexity index is 147. The van der Waals surface area contributed by atoms with Gasteiger partial charge in [-0.25, -0.2) is 0 Å². The molecular formula is C12H25NO. The van der Waals surface area contributed by atoms with Gasteiger partial charge in [0.15, 0.2) is 0 Å². The van der Waals surface area contributed by atoms with Gasteiger partial charge in [-0.05, 0) is 37.6 Å². The second kappa shape index (κ2) is 6.41. The van der Waals surface area contributed by atoms with E-state index in [9.17, 15) is 0 Å². The first kappa shape index (κ1) is 12.0. The summed E-state index contributed by atoms with van der Waals surface area (Å²) in [7, 11) is 0. The largest absolute Gasteiger partial charge is 0.378 e.